The first-order chi connectivity index (χ1) is 12.0. The Morgan fingerprint density at radius 3 is 2.60 bits per heavy atom. The molecule has 0 radical (unpaired) electrons. The summed E-state index contributed by atoms with van der Waals surface area (Å²) in [6.45, 7) is 0.370. The summed E-state index contributed by atoms with van der Waals surface area (Å²) in [5, 5.41) is 13.4. The van der Waals surface area contributed by atoms with Crippen LogP contribution in [0.25, 0.3) is 0 Å². The number of nitrogens with zero attached hydrogens (tertiary/aromatic N) is 1. The van der Waals surface area contributed by atoms with Crippen LogP contribution in [-0.2, 0) is 4.79 Å². The van der Waals surface area contributed by atoms with E-state index in [-0.39, 0.29) is 18.0 Å². The van der Waals surface area contributed by atoms with E-state index in [1.807, 2.05) is 12.1 Å². The third-order valence-corrected chi connectivity index (χ3v) is 3.97. The molecule has 0 heterocycles. The Balaban J connectivity index is 1.80. The molecule has 0 aromatic heterocycles. The Bertz CT molecular complexity index is 766. The number of anilines is 1. The van der Waals surface area contributed by atoms with Crippen molar-refractivity contribution in [3.63, 3.8) is 0 Å². The summed E-state index contributed by atoms with van der Waals surface area (Å²) in [5.74, 6) is 1.07. The minimum atomic E-state index is -0.494. The lowest BCUT2D eigenvalue weighted by Gasteiger charge is -2.10. The van der Waals surface area contributed by atoms with Gasteiger partial charge in [0.15, 0.2) is 11.5 Å². The number of rotatable bonds is 8. The number of halogens is 1. The van der Waals surface area contributed by atoms with E-state index in [0.29, 0.717) is 34.7 Å². The highest BCUT2D eigenvalue weighted by molar-refractivity contribution is 9.10. The molecule has 7 nitrogen and oxygen atoms in total. The standard InChI is InChI=1S/C17H17BrN2O5/c1-24-15-5-2-3-6-16(15)25-10-4-7-17(21)19-14-9-8-12(20(22)23)11-13(14)18/h2-3,5-6,8-9,11H,4,7,10H2,1H3,(H,19,21). The third kappa shape index (κ3) is 5.46. The van der Waals surface area contributed by atoms with Crippen molar-refractivity contribution < 1.29 is 19.2 Å². The molecule has 0 saturated heterocycles. The number of benzene rings is 2. The molecule has 0 unspecified atom stereocenters. The van der Waals surface area contributed by atoms with Crippen molar-refractivity contribution in [3.05, 3.63) is 57.1 Å². The van der Waals surface area contributed by atoms with Crippen LogP contribution < -0.4 is 14.8 Å². The number of hydrogen-bond acceptors (Lipinski definition) is 5. The first kappa shape index (κ1) is 18.7. The number of hydrogen-bond donors (Lipinski definition) is 1. The van der Waals surface area contributed by atoms with E-state index < -0.39 is 4.92 Å². The Morgan fingerprint density at radius 1 is 1.24 bits per heavy atom. The Labute approximate surface area is 153 Å². The van der Waals surface area contributed by atoms with Crippen molar-refractivity contribution in [3.8, 4) is 11.5 Å². The number of carbonyl (C=O) groups excluding carboxylic acids is 1. The fourth-order valence-corrected chi connectivity index (χ4v) is 2.55. The zero-order valence-corrected chi connectivity index (χ0v) is 15.1. The maximum absolute atomic E-state index is 12.0. The van der Waals surface area contributed by atoms with Crippen molar-refractivity contribution >= 4 is 33.2 Å². The molecule has 0 aliphatic heterocycles. The second-order valence-corrected chi connectivity index (χ2v) is 5.93. The lowest BCUT2D eigenvalue weighted by atomic mass is 10.2. The van der Waals surface area contributed by atoms with Gasteiger partial charge in [-0.05, 0) is 40.5 Å². The predicted molar refractivity (Wildman–Crippen MR) is 97.1 cm³/mol. The van der Waals surface area contributed by atoms with Gasteiger partial charge in [-0.25, -0.2) is 0 Å². The first-order valence-corrected chi connectivity index (χ1v) is 8.30. The van der Waals surface area contributed by atoms with E-state index in [1.54, 1.807) is 19.2 Å². The van der Waals surface area contributed by atoms with Crippen LogP contribution in [0.5, 0.6) is 11.5 Å². The van der Waals surface area contributed by atoms with Crippen molar-refractivity contribution in [1.29, 1.82) is 0 Å². The molecule has 0 spiro atoms. The number of nitrogens with one attached hydrogen (secondary N) is 1. The second kappa shape index (κ2) is 9.03. The molecule has 8 heteroatoms. The minimum Gasteiger partial charge on any atom is -0.493 e. The van der Waals surface area contributed by atoms with Gasteiger partial charge in [-0.2, -0.15) is 0 Å². The normalized spacial score (nSPS) is 10.2. The predicted octanol–water partition coefficient (Wildman–Crippen LogP) is 4.16. The van der Waals surface area contributed by atoms with E-state index in [2.05, 4.69) is 21.2 Å². The van der Waals surface area contributed by atoms with Crippen molar-refractivity contribution in [1.82, 2.24) is 0 Å². The van der Waals surface area contributed by atoms with Gasteiger partial charge in [-0.3, -0.25) is 14.9 Å². The molecule has 0 aliphatic carbocycles. The topological polar surface area (TPSA) is 90.7 Å². The van der Waals surface area contributed by atoms with Gasteiger partial charge in [0.1, 0.15) is 0 Å². The number of carbonyl (C=O) groups is 1. The average Bonchev–Trinajstić information content (AvgIpc) is 2.60. The van der Waals surface area contributed by atoms with E-state index in [9.17, 15) is 14.9 Å². The number of ether oxygens (including phenoxy) is 2. The van der Waals surface area contributed by atoms with Crippen molar-refractivity contribution in [2.24, 2.45) is 0 Å². The van der Waals surface area contributed by atoms with E-state index in [0.717, 1.165) is 0 Å². The highest BCUT2D eigenvalue weighted by atomic mass is 79.9. The summed E-state index contributed by atoms with van der Waals surface area (Å²) < 4.78 is 11.2. The maximum Gasteiger partial charge on any atom is 0.270 e. The van der Waals surface area contributed by atoms with Gasteiger partial charge < -0.3 is 14.8 Å². The number of non-ortho nitro benzene ring substituents is 1. The molecular weight excluding hydrogens is 392 g/mol. The van der Waals surface area contributed by atoms with Crippen molar-refractivity contribution in [2.75, 3.05) is 19.0 Å². The smallest absolute Gasteiger partial charge is 0.270 e. The SMILES string of the molecule is COc1ccccc1OCCCC(=O)Nc1ccc([N+](=O)[O-])cc1Br. The van der Waals surface area contributed by atoms with Gasteiger partial charge in [-0.15, -0.1) is 0 Å². The Hall–Kier alpha value is -2.61. The van der Waals surface area contributed by atoms with Gasteiger partial charge >= 0.3 is 0 Å². The van der Waals surface area contributed by atoms with E-state index in [1.165, 1.54) is 18.2 Å². The number of para-hydroxylation sites is 2. The lowest BCUT2D eigenvalue weighted by molar-refractivity contribution is -0.384. The zero-order valence-electron chi connectivity index (χ0n) is 13.5. The molecule has 0 atom stereocenters. The summed E-state index contributed by atoms with van der Waals surface area (Å²) in [7, 11) is 1.57. The highest BCUT2D eigenvalue weighted by Crippen LogP contribution is 2.28. The van der Waals surface area contributed by atoms with Crippen LogP contribution in [0.2, 0.25) is 0 Å². The number of nitro groups is 1. The Kier molecular flexibility index (Phi) is 6.76. The van der Waals surface area contributed by atoms with Gasteiger partial charge in [-0.1, -0.05) is 12.1 Å². The highest BCUT2D eigenvalue weighted by Gasteiger charge is 2.11. The third-order valence-electron chi connectivity index (χ3n) is 3.31. The quantitative estimate of drug-likeness (QED) is 0.402. The number of methoxy groups -OCH3 is 1. The molecule has 132 valence electrons. The van der Waals surface area contributed by atoms with Crippen LogP contribution in [0, 0.1) is 10.1 Å². The zero-order chi connectivity index (χ0) is 18.2. The summed E-state index contributed by atoms with van der Waals surface area (Å²) in [4.78, 5) is 22.2. The van der Waals surface area contributed by atoms with E-state index in [4.69, 9.17) is 9.47 Å². The second-order valence-electron chi connectivity index (χ2n) is 5.07. The van der Waals surface area contributed by atoms with E-state index >= 15 is 0 Å². The van der Waals surface area contributed by atoms with Crippen LogP contribution in [-0.4, -0.2) is 24.5 Å². The molecule has 25 heavy (non-hydrogen) atoms. The van der Waals surface area contributed by atoms with Crippen LogP contribution in [0.3, 0.4) is 0 Å². The molecule has 0 saturated carbocycles. The van der Waals surface area contributed by atoms with Gasteiger partial charge in [0, 0.05) is 23.0 Å². The van der Waals surface area contributed by atoms with Crippen LogP contribution in [0.4, 0.5) is 11.4 Å². The van der Waals surface area contributed by atoms with Gasteiger partial charge in [0.05, 0.1) is 24.3 Å². The molecule has 1 amide bonds. The fourth-order valence-electron chi connectivity index (χ4n) is 2.08. The molecule has 2 aromatic carbocycles. The summed E-state index contributed by atoms with van der Waals surface area (Å²) in [5.41, 5.74) is 0.441. The molecule has 1 N–H and O–H groups in total. The fraction of sp³-hybridized carbons (Fsp3) is 0.235. The van der Waals surface area contributed by atoms with Crippen LogP contribution in [0.15, 0.2) is 46.9 Å². The van der Waals surface area contributed by atoms with Crippen molar-refractivity contribution in [2.45, 2.75) is 12.8 Å². The maximum atomic E-state index is 12.0. The lowest BCUT2D eigenvalue weighted by Crippen LogP contribution is -2.13. The Morgan fingerprint density at radius 2 is 1.96 bits per heavy atom. The van der Waals surface area contributed by atoms with Gasteiger partial charge in [0.25, 0.3) is 5.69 Å². The average molecular weight is 409 g/mol. The van der Waals surface area contributed by atoms with Crippen LogP contribution >= 0.6 is 15.9 Å². The number of amides is 1. The molecule has 2 aromatic rings. The van der Waals surface area contributed by atoms with Gasteiger partial charge in [0.2, 0.25) is 5.91 Å². The molecule has 0 fully saturated rings. The summed E-state index contributed by atoms with van der Waals surface area (Å²) in [6, 6.07) is 11.5. The molecule has 0 aliphatic rings. The molecule has 2 rings (SSSR count). The first-order valence-electron chi connectivity index (χ1n) is 7.51. The molecular formula is C17H17BrN2O5. The number of nitro benzene ring substituents is 1. The summed E-state index contributed by atoms with van der Waals surface area (Å²) in [6.07, 6.45) is 0.785. The monoisotopic (exact) mass is 408 g/mol. The summed E-state index contributed by atoms with van der Waals surface area (Å²) >= 11 is 3.21. The van der Waals surface area contributed by atoms with Crippen LogP contribution in [0.1, 0.15) is 12.8 Å². The largest absolute Gasteiger partial charge is 0.493 e. The molecule has 0 bridgehead atoms. The minimum absolute atomic E-state index is 0.0462.